The zero-order valence-electron chi connectivity index (χ0n) is 8.51. The molecule has 0 amide bonds. The maximum Gasteiger partial charge on any atom is 0.285 e. The highest BCUT2D eigenvalue weighted by molar-refractivity contribution is 7.86. The van der Waals surface area contributed by atoms with E-state index in [1.54, 1.807) is 0 Å². The van der Waals surface area contributed by atoms with Crippen LogP contribution in [0.5, 0.6) is 0 Å². The minimum atomic E-state index is -3.42. The van der Waals surface area contributed by atoms with Crippen LogP contribution in [0.2, 0.25) is 0 Å². The first-order chi connectivity index (χ1) is 7.12. The van der Waals surface area contributed by atoms with E-state index in [9.17, 15) is 8.42 Å². The molecule has 0 aliphatic carbocycles. The number of benzene rings is 1. The van der Waals surface area contributed by atoms with Crippen molar-refractivity contribution in [3.8, 4) is 0 Å². The van der Waals surface area contributed by atoms with Crippen molar-refractivity contribution in [2.75, 3.05) is 24.4 Å². The lowest BCUT2D eigenvalue weighted by Gasteiger charge is -2.17. The molecule has 4 nitrogen and oxygen atoms in total. The first kappa shape index (κ1) is 10.4. The number of hydrogen-bond donors (Lipinski definition) is 0. The Morgan fingerprint density at radius 2 is 2.13 bits per heavy atom. The van der Waals surface area contributed by atoms with Gasteiger partial charge in [0.1, 0.15) is 5.88 Å². The molecule has 1 aromatic carbocycles. The number of nitrogens with zero attached hydrogens (tertiary/aromatic N) is 1. The summed E-state index contributed by atoms with van der Waals surface area (Å²) in [6.07, 6.45) is 0.898. The van der Waals surface area contributed by atoms with Gasteiger partial charge in [0.25, 0.3) is 10.1 Å². The number of anilines is 1. The summed E-state index contributed by atoms with van der Waals surface area (Å²) in [6.45, 7) is 0.738. The van der Waals surface area contributed by atoms with Gasteiger partial charge in [0, 0.05) is 12.2 Å². The average Bonchev–Trinajstić information content (AvgIpc) is 2.62. The average molecular weight is 227 g/mol. The van der Waals surface area contributed by atoms with Crippen molar-refractivity contribution in [1.29, 1.82) is 0 Å². The summed E-state index contributed by atoms with van der Waals surface area (Å²) in [5.41, 5.74) is 2.20. The quantitative estimate of drug-likeness (QED) is 0.722. The largest absolute Gasteiger partial charge is 0.355 e. The van der Waals surface area contributed by atoms with Crippen LogP contribution in [0.1, 0.15) is 5.56 Å². The van der Waals surface area contributed by atoms with Crippen molar-refractivity contribution < 1.29 is 12.6 Å². The lowest BCUT2D eigenvalue weighted by atomic mass is 10.2. The molecule has 15 heavy (non-hydrogen) atoms. The summed E-state index contributed by atoms with van der Waals surface area (Å²) in [5.74, 6) is -0.0689. The van der Waals surface area contributed by atoms with E-state index in [1.807, 2.05) is 29.2 Å². The zero-order chi connectivity index (χ0) is 10.9. The van der Waals surface area contributed by atoms with Gasteiger partial charge >= 0.3 is 0 Å². The molecule has 0 saturated heterocycles. The number of para-hydroxylation sites is 1. The molecule has 1 aliphatic rings. The molecule has 2 rings (SSSR count). The fraction of sp³-hybridized carbons (Fsp3) is 0.400. The van der Waals surface area contributed by atoms with Gasteiger partial charge < -0.3 is 4.90 Å². The van der Waals surface area contributed by atoms with E-state index in [0.29, 0.717) is 0 Å². The fourth-order valence-electron chi connectivity index (χ4n) is 1.78. The molecule has 0 radical (unpaired) electrons. The van der Waals surface area contributed by atoms with E-state index >= 15 is 0 Å². The highest BCUT2D eigenvalue weighted by Crippen LogP contribution is 2.27. The summed E-state index contributed by atoms with van der Waals surface area (Å²) in [4.78, 5) is 1.83. The molecule has 0 N–H and O–H groups in total. The monoisotopic (exact) mass is 227 g/mol. The maximum absolute atomic E-state index is 11.3. The first-order valence-electron chi connectivity index (χ1n) is 4.73. The molecule has 1 aliphatic heterocycles. The Hall–Kier alpha value is -1.07. The van der Waals surface area contributed by atoms with Crippen molar-refractivity contribution in [1.82, 2.24) is 0 Å². The van der Waals surface area contributed by atoms with Gasteiger partial charge in [-0.1, -0.05) is 18.2 Å². The maximum atomic E-state index is 11.3. The number of fused-ring (bicyclic) bond motifs is 1. The van der Waals surface area contributed by atoms with E-state index in [2.05, 4.69) is 4.18 Å². The Kier molecular flexibility index (Phi) is 2.67. The van der Waals surface area contributed by atoms with E-state index in [0.717, 1.165) is 18.7 Å². The Morgan fingerprint density at radius 3 is 2.87 bits per heavy atom. The predicted molar refractivity (Wildman–Crippen MR) is 58.3 cm³/mol. The number of rotatable bonds is 3. The summed E-state index contributed by atoms with van der Waals surface area (Å²) in [7, 11) is -2.23. The molecule has 0 unspecified atom stereocenters. The number of hydrogen-bond acceptors (Lipinski definition) is 4. The summed E-state index contributed by atoms with van der Waals surface area (Å²) in [6, 6.07) is 7.84. The topological polar surface area (TPSA) is 46.6 Å². The molecule has 0 spiro atoms. The van der Waals surface area contributed by atoms with E-state index in [4.69, 9.17) is 0 Å². The Morgan fingerprint density at radius 1 is 1.40 bits per heavy atom. The second-order valence-electron chi connectivity index (χ2n) is 3.50. The van der Waals surface area contributed by atoms with Crippen molar-refractivity contribution in [3.05, 3.63) is 29.8 Å². The molecule has 1 aromatic rings. The van der Waals surface area contributed by atoms with Gasteiger partial charge in [0.15, 0.2) is 0 Å². The van der Waals surface area contributed by atoms with E-state index in [1.165, 1.54) is 12.7 Å². The minimum Gasteiger partial charge on any atom is -0.355 e. The summed E-state index contributed by atoms with van der Waals surface area (Å²) >= 11 is 0. The highest BCUT2D eigenvalue weighted by atomic mass is 32.2. The second-order valence-corrected chi connectivity index (χ2v) is 5.20. The lowest BCUT2D eigenvalue weighted by Crippen LogP contribution is -2.28. The van der Waals surface area contributed by atoms with Gasteiger partial charge in [-0.3, -0.25) is 4.18 Å². The molecule has 0 aromatic heterocycles. The molecule has 0 atom stereocenters. The Labute approximate surface area is 89.6 Å². The third kappa shape index (κ3) is 2.13. The third-order valence-electron chi connectivity index (χ3n) is 2.55. The van der Waals surface area contributed by atoms with Crippen LogP contribution in [0.4, 0.5) is 5.69 Å². The molecule has 0 fully saturated rings. The van der Waals surface area contributed by atoms with Crippen molar-refractivity contribution >= 4 is 15.8 Å². The SMILES string of the molecule is COS(=O)(=O)CN1CCc2ccccc21. The normalized spacial score (nSPS) is 15.4. The first-order valence-corrected chi connectivity index (χ1v) is 6.31. The molecule has 5 heteroatoms. The van der Waals surface area contributed by atoms with Gasteiger partial charge in [-0.15, -0.1) is 0 Å². The molecular weight excluding hydrogens is 214 g/mol. The molecule has 0 saturated carbocycles. The molecule has 0 bridgehead atoms. The fourth-order valence-corrected chi connectivity index (χ4v) is 2.54. The van der Waals surface area contributed by atoms with Crippen LogP contribution in [0.25, 0.3) is 0 Å². The van der Waals surface area contributed by atoms with E-state index < -0.39 is 10.1 Å². The van der Waals surface area contributed by atoms with Gasteiger partial charge in [0.05, 0.1) is 7.11 Å². The van der Waals surface area contributed by atoms with Crippen LogP contribution in [0.15, 0.2) is 24.3 Å². The van der Waals surface area contributed by atoms with Gasteiger partial charge in [-0.25, -0.2) is 0 Å². The van der Waals surface area contributed by atoms with Gasteiger partial charge in [-0.05, 0) is 18.1 Å². The zero-order valence-corrected chi connectivity index (χ0v) is 9.33. The van der Waals surface area contributed by atoms with E-state index in [-0.39, 0.29) is 5.88 Å². The van der Waals surface area contributed by atoms with Crippen LogP contribution in [-0.2, 0) is 20.7 Å². The molecule has 82 valence electrons. The Balaban J connectivity index is 2.22. The van der Waals surface area contributed by atoms with Gasteiger partial charge in [0.2, 0.25) is 0 Å². The second kappa shape index (κ2) is 3.83. The molecular formula is C10H13NO3S. The Bertz CT molecular complexity index is 455. The predicted octanol–water partition coefficient (Wildman–Crippen LogP) is 0.983. The minimum absolute atomic E-state index is 0.0689. The highest BCUT2D eigenvalue weighted by Gasteiger charge is 2.23. The van der Waals surface area contributed by atoms with Gasteiger partial charge in [-0.2, -0.15) is 8.42 Å². The van der Waals surface area contributed by atoms with Crippen LogP contribution in [0, 0.1) is 0 Å². The lowest BCUT2D eigenvalue weighted by molar-refractivity contribution is 0.397. The summed E-state index contributed by atoms with van der Waals surface area (Å²) in [5, 5.41) is 0. The summed E-state index contributed by atoms with van der Waals surface area (Å²) < 4.78 is 27.0. The van der Waals surface area contributed by atoms with Crippen LogP contribution >= 0.6 is 0 Å². The van der Waals surface area contributed by atoms with Crippen molar-refractivity contribution in [2.45, 2.75) is 6.42 Å². The smallest absolute Gasteiger partial charge is 0.285 e. The van der Waals surface area contributed by atoms with Crippen LogP contribution in [0.3, 0.4) is 0 Å². The van der Waals surface area contributed by atoms with Crippen molar-refractivity contribution in [2.24, 2.45) is 0 Å². The molecule has 1 heterocycles. The van der Waals surface area contributed by atoms with Crippen LogP contribution in [-0.4, -0.2) is 27.9 Å². The standard InChI is InChI=1S/C10H13NO3S/c1-14-15(12,13)8-11-7-6-9-4-2-3-5-10(9)11/h2-5H,6-8H2,1H3. The third-order valence-corrected chi connectivity index (χ3v) is 3.69. The van der Waals surface area contributed by atoms with Crippen LogP contribution < -0.4 is 4.90 Å². The van der Waals surface area contributed by atoms with Crippen molar-refractivity contribution in [3.63, 3.8) is 0 Å².